The van der Waals surface area contributed by atoms with Crippen LogP contribution in [-0.4, -0.2) is 91.5 Å². The summed E-state index contributed by atoms with van der Waals surface area (Å²) in [5.41, 5.74) is -5.99. The summed E-state index contributed by atoms with van der Waals surface area (Å²) in [6, 6.07) is 5.85. The molecule has 4 atom stereocenters. The summed E-state index contributed by atoms with van der Waals surface area (Å²) in [5, 5.41) is 20.6. The third-order valence-electron chi connectivity index (χ3n) is 15.1. The highest BCUT2D eigenvalue weighted by atomic mass is 19.4. The first-order valence-corrected chi connectivity index (χ1v) is 27.0. The molecule has 0 unspecified atom stereocenters. The first-order chi connectivity index (χ1) is 40.9. The lowest BCUT2D eigenvalue weighted by Crippen LogP contribution is -2.53. The number of benzene rings is 4. The summed E-state index contributed by atoms with van der Waals surface area (Å²) in [6.45, 7) is 10.3. The Kier molecular flexibility index (Phi) is 17.4. The Morgan fingerprint density at radius 1 is 0.466 bits per heavy atom. The van der Waals surface area contributed by atoms with Crippen molar-refractivity contribution < 1.29 is 89.2 Å². The fourth-order valence-electron chi connectivity index (χ4n) is 10.6. The minimum absolute atomic E-state index is 0.0221. The molecule has 0 bridgehead atoms. The predicted octanol–water partition coefficient (Wildman–Crippen LogP) is 15.0. The quantitative estimate of drug-likeness (QED) is 0.0774. The highest BCUT2D eigenvalue weighted by Crippen LogP contribution is 2.44. The van der Waals surface area contributed by atoms with E-state index in [0.29, 0.717) is 36.4 Å². The van der Waals surface area contributed by atoms with Crippen LogP contribution in [0.2, 0.25) is 0 Å². The van der Waals surface area contributed by atoms with Crippen LogP contribution in [0.3, 0.4) is 0 Å². The van der Waals surface area contributed by atoms with Crippen LogP contribution in [-0.2, 0) is 24.7 Å². The van der Waals surface area contributed by atoms with Crippen molar-refractivity contribution in [2.75, 3.05) is 58.9 Å². The number of pyridine rings is 2. The first-order valence-electron chi connectivity index (χ1n) is 27.0. The Hall–Kier alpha value is -8.02. The minimum Gasteiger partial charge on any atom is -0.388 e. The molecule has 472 valence electrons. The number of imidazole rings is 2. The topological polar surface area (TPSA) is 137 Å². The molecule has 88 heavy (non-hydrogen) atoms. The molecule has 4 aromatic heterocycles. The lowest BCUT2D eigenvalue weighted by molar-refractivity contribution is -0.138. The Balaban J connectivity index is 0.000000209. The molecule has 2 fully saturated rings. The number of H-pyrrole nitrogens is 2. The normalized spacial score (nSPS) is 17.2. The van der Waals surface area contributed by atoms with E-state index in [-0.39, 0.29) is 130 Å². The second kappa shape index (κ2) is 23.8. The van der Waals surface area contributed by atoms with Gasteiger partial charge in [0.15, 0.2) is 34.9 Å². The minimum atomic E-state index is -4.84. The molecule has 30 heteroatoms. The number of anilines is 4. The van der Waals surface area contributed by atoms with Crippen LogP contribution in [0.15, 0.2) is 73.1 Å². The van der Waals surface area contributed by atoms with Crippen molar-refractivity contribution in [3.05, 3.63) is 141 Å². The van der Waals surface area contributed by atoms with E-state index in [1.165, 1.54) is 22.2 Å². The van der Waals surface area contributed by atoms with E-state index in [9.17, 15) is 89.2 Å². The Labute approximate surface area is 488 Å². The van der Waals surface area contributed by atoms with Crippen LogP contribution in [0, 0.1) is 46.7 Å². The molecule has 2 aliphatic rings. The van der Waals surface area contributed by atoms with E-state index in [1.54, 1.807) is 51.3 Å². The number of hydrogen-bond acceptors (Lipinski definition) is 10. The number of aliphatic hydroxyl groups is 2. The molecule has 0 spiro atoms. The molecule has 6 heterocycles. The van der Waals surface area contributed by atoms with E-state index in [0.717, 1.165) is 24.3 Å². The lowest BCUT2D eigenvalue weighted by Gasteiger charge is -2.41. The van der Waals surface area contributed by atoms with Crippen LogP contribution in [0.5, 0.6) is 0 Å². The Morgan fingerprint density at radius 3 is 1.08 bits per heavy atom. The van der Waals surface area contributed by atoms with E-state index in [2.05, 4.69) is 29.9 Å². The zero-order chi connectivity index (χ0) is 64.6. The van der Waals surface area contributed by atoms with Gasteiger partial charge in [0.1, 0.15) is 11.6 Å². The number of aromatic nitrogens is 6. The van der Waals surface area contributed by atoms with Gasteiger partial charge in [0.25, 0.3) is 0 Å². The van der Waals surface area contributed by atoms with Gasteiger partial charge in [-0.1, -0.05) is 27.7 Å². The molecule has 0 aliphatic carbocycles. The first kappa shape index (κ1) is 64.5. The van der Waals surface area contributed by atoms with Crippen molar-refractivity contribution >= 4 is 45.6 Å². The van der Waals surface area contributed by atoms with Gasteiger partial charge in [-0.25, -0.2) is 46.3 Å². The molecule has 2 aliphatic heterocycles. The van der Waals surface area contributed by atoms with Gasteiger partial charge >= 0.3 is 24.7 Å². The Morgan fingerprint density at radius 2 is 0.795 bits per heavy atom. The second-order valence-electron chi connectivity index (χ2n) is 22.1. The van der Waals surface area contributed by atoms with E-state index in [1.807, 2.05) is 0 Å². The maximum absolute atomic E-state index is 14.0. The molecule has 0 amide bonds. The highest BCUT2D eigenvalue weighted by molar-refractivity contribution is 5.95. The van der Waals surface area contributed by atoms with E-state index in [4.69, 9.17) is 0 Å². The number of nitrogens with zero attached hydrogens (tertiary/aromatic N) is 8. The molecule has 12 nitrogen and oxygen atoms in total. The number of aromatic amines is 2. The standard InChI is InChI=1S/2C29H26F9N5O/c2*1-13(2)25(44)16-6-19(29(36,37)38)26(39-11-16)42-4-5-43(14(3)12-42)27-40-22-10-17(28(33,34)35)9-18(24(22)41-27)15-7-20(30)23(32)21(31)8-15/h2*6-11,13-14,25,44H,4-5,12H2,1-3H3,(H,40,41)/t14-,25+;14-,25-/m11/s1. The van der Waals surface area contributed by atoms with Gasteiger partial charge in [-0.3, -0.25) is 0 Å². The van der Waals surface area contributed by atoms with Gasteiger partial charge in [-0.05, 0) is 109 Å². The predicted molar refractivity (Wildman–Crippen MR) is 289 cm³/mol. The number of aliphatic hydroxyl groups excluding tert-OH is 2. The van der Waals surface area contributed by atoms with Crippen molar-refractivity contribution in [3.8, 4) is 22.3 Å². The Bertz CT molecular complexity index is 3600. The molecular formula is C58H52F18N10O2. The summed E-state index contributed by atoms with van der Waals surface area (Å²) in [7, 11) is 0. The van der Waals surface area contributed by atoms with Crippen molar-refractivity contribution in [3.63, 3.8) is 0 Å². The lowest BCUT2D eigenvalue weighted by atomic mass is 9.99. The summed E-state index contributed by atoms with van der Waals surface area (Å²) in [5.74, 6) is -11.1. The van der Waals surface area contributed by atoms with Crippen LogP contribution < -0.4 is 19.6 Å². The summed E-state index contributed by atoms with van der Waals surface area (Å²) < 4.78 is 250. The maximum Gasteiger partial charge on any atom is 0.419 e. The zero-order valence-corrected chi connectivity index (χ0v) is 46.9. The molecule has 4 N–H and O–H groups in total. The van der Waals surface area contributed by atoms with Crippen molar-refractivity contribution in [2.24, 2.45) is 11.8 Å². The number of hydrogen-bond donors (Lipinski definition) is 4. The van der Waals surface area contributed by atoms with Crippen LogP contribution in [0.4, 0.5) is 103 Å². The van der Waals surface area contributed by atoms with Crippen molar-refractivity contribution in [1.29, 1.82) is 0 Å². The zero-order valence-electron chi connectivity index (χ0n) is 46.9. The van der Waals surface area contributed by atoms with Gasteiger partial charge < -0.3 is 39.8 Å². The summed E-state index contributed by atoms with van der Waals surface area (Å²) >= 11 is 0. The molecule has 8 aromatic rings. The largest absolute Gasteiger partial charge is 0.419 e. The molecule has 0 saturated carbocycles. The van der Waals surface area contributed by atoms with Gasteiger partial charge in [0, 0.05) is 74.9 Å². The monoisotopic (exact) mass is 1260 g/mol. The fourth-order valence-corrected chi connectivity index (χ4v) is 10.6. The highest BCUT2D eigenvalue weighted by Gasteiger charge is 2.42. The van der Waals surface area contributed by atoms with Crippen LogP contribution in [0.1, 0.15) is 87.1 Å². The number of nitrogens with one attached hydrogen (secondary N) is 2. The number of alkyl halides is 12. The molecule has 0 radical (unpaired) electrons. The van der Waals surface area contributed by atoms with E-state index < -0.39 is 106 Å². The summed E-state index contributed by atoms with van der Waals surface area (Å²) in [6.07, 6.45) is -19.1. The van der Waals surface area contributed by atoms with Crippen molar-refractivity contribution in [2.45, 2.75) is 90.5 Å². The van der Waals surface area contributed by atoms with Gasteiger partial charge in [0.05, 0.1) is 56.5 Å². The van der Waals surface area contributed by atoms with E-state index >= 15 is 0 Å². The number of fused-ring (bicyclic) bond motifs is 2. The van der Waals surface area contributed by atoms with Crippen LogP contribution >= 0.6 is 0 Å². The van der Waals surface area contributed by atoms with Crippen LogP contribution in [0.25, 0.3) is 44.3 Å². The fraction of sp³-hybridized carbons (Fsp3) is 0.379. The van der Waals surface area contributed by atoms with Gasteiger partial charge in [0.2, 0.25) is 11.9 Å². The van der Waals surface area contributed by atoms with Crippen molar-refractivity contribution in [1.82, 2.24) is 29.9 Å². The molecule has 4 aromatic carbocycles. The van der Waals surface area contributed by atoms with Gasteiger partial charge in [-0.2, -0.15) is 52.7 Å². The third kappa shape index (κ3) is 13.1. The molecular weight excluding hydrogens is 1210 g/mol. The third-order valence-corrected chi connectivity index (χ3v) is 15.1. The summed E-state index contributed by atoms with van der Waals surface area (Å²) in [4.78, 5) is 28.6. The number of piperazine rings is 2. The number of rotatable bonds is 10. The average molecular weight is 1260 g/mol. The molecule has 2 saturated heterocycles. The molecule has 10 rings (SSSR count). The smallest absolute Gasteiger partial charge is 0.388 e. The second-order valence-corrected chi connectivity index (χ2v) is 22.1. The van der Waals surface area contributed by atoms with Gasteiger partial charge in [-0.15, -0.1) is 0 Å². The average Bonchev–Trinajstić information content (AvgIpc) is 1.81. The number of halogens is 18. The SMILES string of the molecule is CC(C)[C@@H](O)c1cnc(N2CCN(c3nc4c(-c5cc(F)c(F)c(F)c5)cc(C(F)(F)F)cc4[nH]3)[C@H](C)C2)c(C(F)(F)F)c1.CC(C)[C@H](O)c1cnc(N2CCN(c3nc4c(-c5cc(F)c(F)c(F)c5)cc(C(F)(F)F)cc4[nH]3)[C@H](C)C2)c(C(F)(F)F)c1. The maximum atomic E-state index is 14.0.